The molecule has 0 radical (unpaired) electrons. The van der Waals surface area contributed by atoms with Gasteiger partial charge in [-0.25, -0.2) is 5.53 Å². The third-order valence-corrected chi connectivity index (χ3v) is 1.46. The number of hydrogen-bond donors (Lipinski definition) is 1. The Kier molecular flexibility index (Phi) is 2.66. The molecule has 0 fully saturated rings. The molecule has 1 N–H and O–H groups in total. The van der Waals surface area contributed by atoms with E-state index in [9.17, 15) is 0 Å². The van der Waals surface area contributed by atoms with Crippen LogP contribution in [0, 0.1) is 10.9 Å². The molecule has 0 aromatic carbocycles. The molecule has 0 aliphatic heterocycles. The monoisotopic (exact) mass is 114 g/mol. The Morgan fingerprint density at radius 2 is 2.00 bits per heavy atom. The van der Waals surface area contributed by atoms with Crippen molar-refractivity contribution in [3.63, 3.8) is 0 Å². The first-order chi connectivity index (χ1) is 3.62. The normalized spacial score (nSPS) is 11.4. The Morgan fingerprint density at radius 1 is 1.50 bits per heavy atom. The van der Waals surface area contributed by atoms with Gasteiger partial charge in [-0.15, -0.1) is 0 Å². The molecule has 0 bridgehead atoms. The first-order valence-corrected chi connectivity index (χ1v) is 2.95. The van der Waals surface area contributed by atoms with E-state index in [1.165, 1.54) is 0 Å². The summed E-state index contributed by atoms with van der Waals surface area (Å²) in [6.07, 6.45) is 1.09. The molecular weight excluding hydrogens is 100 g/mol. The molecule has 0 amide bonds. The van der Waals surface area contributed by atoms with Crippen LogP contribution < -0.4 is 0 Å². The molecule has 0 heterocycles. The lowest BCUT2D eigenvalue weighted by molar-refractivity contribution is 0.357. The van der Waals surface area contributed by atoms with Crippen LogP contribution in [0.15, 0.2) is 5.11 Å². The van der Waals surface area contributed by atoms with Crippen molar-refractivity contribution in [1.82, 2.24) is 0 Å². The molecule has 0 aromatic heterocycles. The van der Waals surface area contributed by atoms with Gasteiger partial charge in [-0.3, -0.25) is 0 Å². The smallest absolute Gasteiger partial charge is 0.0647 e. The van der Waals surface area contributed by atoms with E-state index >= 15 is 0 Å². The molecule has 2 heteroatoms. The third-order valence-electron chi connectivity index (χ3n) is 1.46. The fourth-order valence-corrected chi connectivity index (χ4v) is 0.326. The Hall–Kier alpha value is -0.400. The Balaban J connectivity index is 3.53. The van der Waals surface area contributed by atoms with Crippen molar-refractivity contribution in [1.29, 1.82) is 5.53 Å². The second kappa shape index (κ2) is 2.80. The molecular formula is C6H14N2. The molecule has 0 aliphatic rings. The van der Waals surface area contributed by atoms with Gasteiger partial charge in [0, 0.05) is 0 Å². The van der Waals surface area contributed by atoms with Crippen LogP contribution in [-0.2, 0) is 0 Å². The molecule has 48 valence electrons. The Labute approximate surface area is 50.8 Å². The minimum absolute atomic E-state index is 0.238. The first kappa shape index (κ1) is 7.60. The highest BCUT2D eigenvalue weighted by molar-refractivity contribution is 4.66. The molecule has 0 spiro atoms. The van der Waals surface area contributed by atoms with Gasteiger partial charge in [-0.05, 0) is 11.8 Å². The highest BCUT2D eigenvalue weighted by Gasteiger charge is 2.12. The van der Waals surface area contributed by atoms with Crippen molar-refractivity contribution in [2.45, 2.75) is 27.2 Å². The van der Waals surface area contributed by atoms with Crippen molar-refractivity contribution in [3.05, 3.63) is 0 Å². The summed E-state index contributed by atoms with van der Waals surface area (Å²) < 4.78 is 0. The summed E-state index contributed by atoms with van der Waals surface area (Å²) in [5.74, 6) is 0. The molecule has 2 nitrogen and oxygen atoms in total. The fourth-order valence-electron chi connectivity index (χ4n) is 0.326. The zero-order valence-electron chi connectivity index (χ0n) is 5.86. The molecule has 0 aromatic rings. The summed E-state index contributed by atoms with van der Waals surface area (Å²) >= 11 is 0. The summed E-state index contributed by atoms with van der Waals surface area (Å²) in [5.41, 5.74) is 6.82. The van der Waals surface area contributed by atoms with Crippen molar-refractivity contribution in [2.24, 2.45) is 10.5 Å². The quantitative estimate of drug-likeness (QED) is 0.547. The highest BCUT2D eigenvalue weighted by atomic mass is 15.0. The van der Waals surface area contributed by atoms with E-state index in [0.717, 1.165) is 6.42 Å². The predicted octanol–water partition coefficient (Wildman–Crippen LogP) is 2.45. The van der Waals surface area contributed by atoms with E-state index in [-0.39, 0.29) is 5.41 Å². The zero-order chi connectivity index (χ0) is 6.62. The Morgan fingerprint density at radius 3 is 2.12 bits per heavy atom. The molecule has 0 atom stereocenters. The van der Waals surface area contributed by atoms with Gasteiger partial charge in [0.05, 0.1) is 6.54 Å². The van der Waals surface area contributed by atoms with Gasteiger partial charge in [0.1, 0.15) is 0 Å². The SMILES string of the molecule is CCC(C)(C)CN=N. The van der Waals surface area contributed by atoms with Crippen LogP contribution >= 0.6 is 0 Å². The molecule has 0 saturated carbocycles. The van der Waals surface area contributed by atoms with Crippen molar-refractivity contribution >= 4 is 0 Å². The summed E-state index contributed by atoms with van der Waals surface area (Å²) in [5, 5.41) is 3.33. The molecule has 0 unspecified atom stereocenters. The average molecular weight is 114 g/mol. The largest absolute Gasteiger partial charge is 0.210 e. The van der Waals surface area contributed by atoms with Gasteiger partial charge >= 0.3 is 0 Å². The molecule has 0 aliphatic carbocycles. The molecule has 0 saturated heterocycles. The van der Waals surface area contributed by atoms with E-state index in [4.69, 9.17) is 5.53 Å². The lowest BCUT2D eigenvalue weighted by atomic mass is 9.91. The summed E-state index contributed by atoms with van der Waals surface area (Å²) in [6.45, 7) is 7.00. The van der Waals surface area contributed by atoms with E-state index in [0.29, 0.717) is 6.54 Å². The average Bonchev–Trinajstić information content (AvgIpc) is 1.67. The summed E-state index contributed by atoms with van der Waals surface area (Å²) in [7, 11) is 0. The van der Waals surface area contributed by atoms with Crippen LogP contribution in [-0.4, -0.2) is 6.54 Å². The van der Waals surface area contributed by atoms with E-state index < -0.39 is 0 Å². The highest BCUT2D eigenvalue weighted by Crippen LogP contribution is 2.18. The topological polar surface area (TPSA) is 36.2 Å². The van der Waals surface area contributed by atoms with Crippen molar-refractivity contribution in [2.75, 3.05) is 6.54 Å². The van der Waals surface area contributed by atoms with E-state index in [1.807, 2.05) is 0 Å². The van der Waals surface area contributed by atoms with Gasteiger partial charge in [-0.1, -0.05) is 20.8 Å². The van der Waals surface area contributed by atoms with Gasteiger partial charge in [0.15, 0.2) is 0 Å². The van der Waals surface area contributed by atoms with E-state index in [1.54, 1.807) is 0 Å². The Bertz CT molecular complexity index is 76.6. The van der Waals surface area contributed by atoms with E-state index in [2.05, 4.69) is 25.9 Å². The third kappa shape index (κ3) is 2.72. The number of rotatable bonds is 3. The van der Waals surface area contributed by atoms with Gasteiger partial charge in [0.25, 0.3) is 0 Å². The molecule has 8 heavy (non-hydrogen) atoms. The maximum atomic E-state index is 6.59. The van der Waals surface area contributed by atoms with Crippen molar-refractivity contribution in [3.8, 4) is 0 Å². The standard InChI is InChI=1S/C6H14N2/c1-4-6(2,3)5-8-7/h7H,4-5H2,1-3H3. The van der Waals surface area contributed by atoms with Crippen LogP contribution in [0.5, 0.6) is 0 Å². The van der Waals surface area contributed by atoms with Crippen LogP contribution in [0.25, 0.3) is 0 Å². The minimum Gasteiger partial charge on any atom is -0.210 e. The van der Waals surface area contributed by atoms with Crippen LogP contribution in [0.2, 0.25) is 0 Å². The second-order valence-electron chi connectivity index (χ2n) is 2.83. The number of nitrogens with one attached hydrogen (secondary N) is 1. The minimum atomic E-state index is 0.238. The van der Waals surface area contributed by atoms with Gasteiger partial charge in [0.2, 0.25) is 0 Å². The van der Waals surface area contributed by atoms with Crippen LogP contribution in [0.3, 0.4) is 0 Å². The lowest BCUT2D eigenvalue weighted by Crippen LogP contribution is -2.12. The van der Waals surface area contributed by atoms with Crippen LogP contribution in [0.1, 0.15) is 27.2 Å². The number of nitrogens with zero attached hydrogens (tertiary/aromatic N) is 1. The van der Waals surface area contributed by atoms with Crippen molar-refractivity contribution < 1.29 is 0 Å². The predicted molar refractivity (Wildman–Crippen MR) is 34.1 cm³/mol. The number of hydrogen-bond acceptors (Lipinski definition) is 2. The lowest BCUT2D eigenvalue weighted by Gasteiger charge is -2.17. The van der Waals surface area contributed by atoms with Crippen LogP contribution in [0.4, 0.5) is 0 Å². The first-order valence-electron chi connectivity index (χ1n) is 2.95. The van der Waals surface area contributed by atoms with Gasteiger partial charge in [-0.2, -0.15) is 5.11 Å². The maximum absolute atomic E-state index is 6.59. The second-order valence-corrected chi connectivity index (χ2v) is 2.83. The summed E-state index contributed by atoms with van der Waals surface area (Å²) in [6, 6.07) is 0. The molecule has 0 rings (SSSR count). The van der Waals surface area contributed by atoms with Gasteiger partial charge < -0.3 is 0 Å². The zero-order valence-corrected chi connectivity index (χ0v) is 5.86. The summed E-state index contributed by atoms with van der Waals surface area (Å²) in [4.78, 5) is 0. The maximum Gasteiger partial charge on any atom is 0.0647 e. The fraction of sp³-hybridized carbons (Fsp3) is 1.00.